The van der Waals surface area contributed by atoms with Crippen molar-refractivity contribution in [2.45, 2.75) is 78.9 Å². The summed E-state index contributed by atoms with van der Waals surface area (Å²) >= 11 is 0. The number of fused-ring (bicyclic) bond motifs is 6. The van der Waals surface area contributed by atoms with E-state index in [0.717, 1.165) is 33.0 Å². The van der Waals surface area contributed by atoms with Gasteiger partial charge in [-0.05, 0) is 19.3 Å². The molecule has 0 unspecified atom stereocenters. The average molecular weight is 453 g/mol. The van der Waals surface area contributed by atoms with Crippen LogP contribution in [0.15, 0.2) is 28.8 Å². The summed E-state index contributed by atoms with van der Waals surface area (Å²) in [7, 11) is 0. The van der Waals surface area contributed by atoms with E-state index in [1.165, 1.54) is 0 Å². The van der Waals surface area contributed by atoms with Crippen molar-refractivity contribution < 1.29 is 0 Å². The normalized spacial score (nSPS) is 12.1. The molecule has 0 N–H and O–H groups in total. The lowest BCUT2D eigenvalue weighted by molar-refractivity contribution is 0.608. The van der Waals surface area contributed by atoms with Crippen LogP contribution in [-0.4, -0.2) is 13.7 Å². The minimum absolute atomic E-state index is 0.135. The van der Waals surface area contributed by atoms with Crippen molar-refractivity contribution in [1.82, 2.24) is 13.7 Å². The number of rotatable bonds is 9. The molecule has 0 spiro atoms. The van der Waals surface area contributed by atoms with Crippen LogP contribution in [0.5, 0.6) is 0 Å². The smallest absolute Gasteiger partial charge is 0.262 e. The highest BCUT2D eigenvalue weighted by atomic mass is 16.2. The monoisotopic (exact) mass is 453 g/mol. The van der Waals surface area contributed by atoms with Gasteiger partial charge in [0.2, 0.25) is 0 Å². The van der Waals surface area contributed by atoms with Gasteiger partial charge in [0.15, 0.2) is 0 Å². The van der Waals surface area contributed by atoms with E-state index in [0.29, 0.717) is 19.3 Å². The summed E-state index contributed by atoms with van der Waals surface area (Å²) in [6.07, 6.45) is 3.86. The fourth-order valence-corrected chi connectivity index (χ4v) is 4.68. The minimum Gasteiger partial charge on any atom is -0.274 e. The molecule has 0 atom stereocenters. The number of aromatic nitrogens is 3. The van der Waals surface area contributed by atoms with Gasteiger partial charge in [0.25, 0.3) is 33.4 Å². The summed E-state index contributed by atoms with van der Waals surface area (Å²) in [5.74, 6) is 0. The topological polar surface area (TPSA) is 117 Å². The quantitative estimate of drug-likeness (QED) is 0.378. The summed E-state index contributed by atoms with van der Waals surface area (Å²) < 4.78 is 3.06. The molecule has 0 aliphatic rings. The molecular formula is C24H27N3O6. The van der Waals surface area contributed by atoms with Gasteiger partial charge < -0.3 is 0 Å². The zero-order chi connectivity index (χ0) is 24.0. The first-order valence-corrected chi connectivity index (χ1v) is 11.6. The molecule has 4 rings (SSSR count). The van der Waals surface area contributed by atoms with Crippen LogP contribution in [0.25, 0.3) is 32.3 Å². The Kier molecular flexibility index (Phi) is 5.90. The molecule has 0 saturated carbocycles. The molecule has 9 heteroatoms. The van der Waals surface area contributed by atoms with Gasteiger partial charge in [-0.15, -0.1) is 0 Å². The maximum Gasteiger partial charge on any atom is 0.262 e. The van der Waals surface area contributed by atoms with Crippen LogP contribution < -0.4 is 33.4 Å². The van der Waals surface area contributed by atoms with E-state index in [2.05, 4.69) is 0 Å². The largest absolute Gasteiger partial charge is 0.274 e. The first-order valence-electron chi connectivity index (χ1n) is 11.6. The van der Waals surface area contributed by atoms with E-state index in [4.69, 9.17) is 0 Å². The molecule has 3 heterocycles. The SMILES string of the molecule is CCCCn1c(=O)c2c3c(=O)n(CCCC)c(=O)c3c3c(=O)n(CCCC)c(=O)c3c2c1=O. The summed E-state index contributed by atoms with van der Waals surface area (Å²) in [5, 5.41) is -1.25. The fraction of sp³-hybridized carbons (Fsp3) is 0.500. The molecule has 174 valence electrons. The number of hydrogen-bond donors (Lipinski definition) is 0. The van der Waals surface area contributed by atoms with E-state index >= 15 is 0 Å². The molecular weight excluding hydrogens is 426 g/mol. The van der Waals surface area contributed by atoms with Crippen LogP contribution in [0, 0.1) is 0 Å². The second-order valence-electron chi connectivity index (χ2n) is 8.60. The van der Waals surface area contributed by atoms with Crippen LogP contribution in [0.4, 0.5) is 0 Å². The highest BCUT2D eigenvalue weighted by Gasteiger charge is 2.30. The molecule has 1 aromatic carbocycles. The van der Waals surface area contributed by atoms with Crippen LogP contribution in [0.1, 0.15) is 59.3 Å². The lowest BCUT2D eigenvalue weighted by Gasteiger charge is -1.96. The lowest BCUT2D eigenvalue weighted by atomic mass is 10.0. The Bertz CT molecular complexity index is 1360. The summed E-state index contributed by atoms with van der Waals surface area (Å²) in [6, 6.07) is 0. The van der Waals surface area contributed by atoms with E-state index in [1.807, 2.05) is 20.8 Å². The Labute approximate surface area is 187 Å². The third kappa shape index (κ3) is 3.13. The number of unbranched alkanes of at least 4 members (excludes halogenated alkanes) is 3. The molecule has 4 aromatic rings. The lowest BCUT2D eigenvalue weighted by Crippen LogP contribution is -2.26. The highest BCUT2D eigenvalue weighted by Crippen LogP contribution is 2.26. The van der Waals surface area contributed by atoms with Gasteiger partial charge in [0, 0.05) is 19.6 Å². The van der Waals surface area contributed by atoms with E-state index in [9.17, 15) is 28.8 Å². The molecule has 0 radical (unpaired) electrons. The zero-order valence-corrected chi connectivity index (χ0v) is 19.2. The molecule has 0 saturated heterocycles. The van der Waals surface area contributed by atoms with Gasteiger partial charge in [0.1, 0.15) is 0 Å². The van der Waals surface area contributed by atoms with Crippen LogP contribution >= 0.6 is 0 Å². The van der Waals surface area contributed by atoms with Crippen molar-refractivity contribution in [3.05, 3.63) is 62.1 Å². The second-order valence-corrected chi connectivity index (χ2v) is 8.60. The van der Waals surface area contributed by atoms with Gasteiger partial charge in [-0.3, -0.25) is 42.5 Å². The van der Waals surface area contributed by atoms with Crippen molar-refractivity contribution in [2.75, 3.05) is 0 Å². The Morgan fingerprint density at radius 2 is 0.576 bits per heavy atom. The molecule has 0 aliphatic carbocycles. The van der Waals surface area contributed by atoms with Crippen LogP contribution in [0.2, 0.25) is 0 Å². The summed E-state index contributed by atoms with van der Waals surface area (Å²) in [5.41, 5.74) is -4.12. The predicted octanol–water partition coefficient (Wildman–Crippen LogP) is 1.43. The molecule has 0 bridgehead atoms. The molecule has 0 aliphatic heterocycles. The Balaban J connectivity index is 2.33. The molecule has 0 amide bonds. The average Bonchev–Trinajstić information content (AvgIpc) is 3.29. The van der Waals surface area contributed by atoms with Gasteiger partial charge in [-0.1, -0.05) is 40.0 Å². The second kappa shape index (κ2) is 8.53. The first-order chi connectivity index (χ1) is 15.8. The van der Waals surface area contributed by atoms with Gasteiger partial charge in [0.05, 0.1) is 32.3 Å². The number of benzene rings is 1. The van der Waals surface area contributed by atoms with Crippen molar-refractivity contribution in [1.29, 1.82) is 0 Å². The molecule has 33 heavy (non-hydrogen) atoms. The predicted molar refractivity (Wildman–Crippen MR) is 129 cm³/mol. The Hall–Kier alpha value is -3.36. The van der Waals surface area contributed by atoms with E-state index in [-0.39, 0.29) is 52.0 Å². The highest BCUT2D eigenvalue weighted by molar-refractivity contribution is 6.25. The number of hydrogen-bond acceptors (Lipinski definition) is 6. The Morgan fingerprint density at radius 3 is 0.727 bits per heavy atom. The van der Waals surface area contributed by atoms with Crippen molar-refractivity contribution in [3.8, 4) is 0 Å². The Morgan fingerprint density at radius 1 is 0.394 bits per heavy atom. The van der Waals surface area contributed by atoms with Crippen LogP contribution in [0.3, 0.4) is 0 Å². The van der Waals surface area contributed by atoms with Gasteiger partial charge in [-0.2, -0.15) is 0 Å². The standard InChI is InChI=1S/C24H27N3O6/c1-4-7-10-25-19(28)13-14(20(25)29)16-18(24(33)27(22(16)31)12-9-6-3)17-15(13)21(30)26(23(17)32)11-8-5-2/h4-12H2,1-3H3. The minimum atomic E-state index is -0.687. The van der Waals surface area contributed by atoms with Crippen molar-refractivity contribution in [2.24, 2.45) is 0 Å². The number of nitrogens with zero attached hydrogens (tertiary/aromatic N) is 3. The van der Waals surface area contributed by atoms with Crippen molar-refractivity contribution in [3.63, 3.8) is 0 Å². The maximum absolute atomic E-state index is 13.3. The van der Waals surface area contributed by atoms with E-state index < -0.39 is 33.4 Å². The van der Waals surface area contributed by atoms with Gasteiger partial charge >= 0.3 is 0 Å². The first kappa shape index (κ1) is 22.8. The summed E-state index contributed by atoms with van der Waals surface area (Å²) in [4.78, 5) is 79.8. The molecule has 0 fully saturated rings. The third-order valence-electron chi connectivity index (χ3n) is 6.46. The maximum atomic E-state index is 13.3. The zero-order valence-electron chi connectivity index (χ0n) is 19.2. The third-order valence-corrected chi connectivity index (χ3v) is 6.46. The fourth-order valence-electron chi connectivity index (χ4n) is 4.68. The van der Waals surface area contributed by atoms with Crippen molar-refractivity contribution >= 4 is 32.3 Å². The van der Waals surface area contributed by atoms with Gasteiger partial charge in [-0.25, -0.2) is 0 Å². The molecule has 9 nitrogen and oxygen atoms in total. The summed E-state index contributed by atoms with van der Waals surface area (Å²) in [6.45, 7) is 6.14. The van der Waals surface area contributed by atoms with E-state index in [1.54, 1.807) is 0 Å². The molecule has 3 aromatic heterocycles. The van der Waals surface area contributed by atoms with Crippen LogP contribution in [-0.2, 0) is 19.6 Å².